The zero-order valence-corrected chi connectivity index (χ0v) is 18.6. The van der Waals surface area contributed by atoms with Crippen LogP contribution in [0.25, 0.3) is 0 Å². The smallest absolute Gasteiger partial charge is 0.308 e. The van der Waals surface area contributed by atoms with E-state index in [0.717, 1.165) is 4.68 Å². The number of aromatic nitrogens is 4. The highest BCUT2D eigenvalue weighted by Gasteiger charge is 2.37. The van der Waals surface area contributed by atoms with Crippen molar-refractivity contribution < 1.29 is 22.4 Å². The molecule has 0 fully saturated rings. The molecule has 0 aliphatic rings. The minimum Gasteiger partial charge on any atom is -0.308 e. The van der Waals surface area contributed by atoms with Gasteiger partial charge in [0.2, 0.25) is 5.91 Å². The highest BCUT2D eigenvalue weighted by molar-refractivity contribution is 9.11. The highest BCUT2D eigenvalue weighted by atomic mass is 79.9. The number of carbonyl (C=O) groups is 1. The fourth-order valence-corrected chi connectivity index (χ4v) is 3.61. The van der Waals surface area contributed by atoms with Gasteiger partial charge in [-0.1, -0.05) is 18.2 Å². The van der Waals surface area contributed by atoms with Crippen molar-refractivity contribution in [3.05, 3.63) is 62.2 Å². The molecule has 3 rings (SSSR count). The normalized spacial score (nSPS) is 11.7. The molecular formula is C18H15Br2F4N5O. The summed E-state index contributed by atoms with van der Waals surface area (Å²) in [5.74, 6) is -0.592. The maximum atomic E-state index is 13.8. The third kappa shape index (κ3) is 5.09. The molecule has 1 aromatic carbocycles. The van der Waals surface area contributed by atoms with E-state index in [1.54, 1.807) is 24.4 Å². The monoisotopic (exact) mass is 551 g/mol. The average molecular weight is 553 g/mol. The number of carbonyl (C=O) groups excluding carboxylic acids is 1. The fourth-order valence-electron chi connectivity index (χ4n) is 2.69. The van der Waals surface area contributed by atoms with Crippen molar-refractivity contribution in [3.8, 4) is 0 Å². The molecule has 2 heterocycles. The molecule has 1 amide bonds. The largest absolute Gasteiger partial charge is 0.436 e. The van der Waals surface area contributed by atoms with E-state index in [1.165, 1.54) is 17.7 Å². The molecular weight excluding hydrogens is 538 g/mol. The van der Waals surface area contributed by atoms with Gasteiger partial charge in [-0.3, -0.25) is 14.2 Å². The van der Waals surface area contributed by atoms with Crippen molar-refractivity contribution in [1.29, 1.82) is 0 Å². The molecule has 0 aliphatic carbocycles. The third-order valence-corrected chi connectivity index (χ3v) is 5.75. The Labute approximate surface area is 185 Å². The van der Waals surface area contributed by atoms with Crippen molar-refractivity contribution in [2.24, 2.45) is 0 Å². The van der Waals surface area contributed by atoms with Crippen LogP contribution in [-0.4, -0.2) is 25.5 Å². The Bertz CT molecular complexity index is 1080. The maximum Gasteiger partial charge on any atom is 0.436 e. The molecule has 0 spiro atoms. The second-order valence-corrected chi connectivity index (χ2v) is 8.03. The van der Waals surface area contributed by atoms with Crippen LogP contribution in [0.15, 0.2) is 39.4 Å². The third-order valence-electron chi connectivity index (χ3n) is 4.22. The minimum atomic E-state index is -4.59. The van der Waals surface area contributed by atoms with Crippen LogP contribution >= 0.6 is 31.9 Å². The molecule has 6 nitrogen and oxygen atoms in total. The average Bonchev–Trinajstić information content (AvgIpc) is 3.15. The number of alkyl halides is 3. The topological polar surface area (TPSA) is 64.7 Å². The van der Waals surface area contributed by atoms with Crippen LogP contribution in [0.4, 0.5) is 23.4 Å². The van der Waals surface area contributed by atoms with Crippen molar-refractivity contribution in [2.75, 3.05) is 5.32 Å². The van der Waals surface area contributed by atoms with E-state index in [-0.39, 0.29) is 41.3 Å². The van der Waals surface area contributed by atoms with E-state index < -0.39 is 17.8 Å². The predicted octanol–water partition coefficient (Wildman–Crippen LogP) is 5.15. The van der Waals surface area contributed by atoms with Crippen LogP contribution < -0.4 is 5.32 Å². The van der Waals surface area contributed by atoms with Crippen molar-refractivity contribution in [2.45, 2.75) is 32.6 Å². The number of rotatable bonds is 6. The molecule has 0 saturated heterocycles. The predicted molar refractivity (Wildman–Crippen MR) is 108 cm³/mol. The molecule has 30 heavy (non-hydrogen) atoms. The molecule has 0 aliphatic heterocycles. The first-order valence-corrected chi connectivity index (χ1v) is 10.2. The Morgan fingerprint density at radius 3 is 2.53 bits per heavy atom. The summed E-state index contributed by atoms with van der Waals surface area (Å²) in [6.07, 6.45) is -3.11. The lowest BCUT2D eigenvalue weighted by Gasteiger charge is -2.06. The molecule has 0 saturated carbocycles. The van der Waals surface area contributed by atoms with Crippen molar-refractivity contribution >= 4 is 43.6 Å². The lowest BCUT2D eigenvalue weighted by Crippen LogP contribution is -2.17. The first-order valence-electron chi connectivity index (χ1n) is 8.62. The van der Waals surface area contributed by atoms with Crippen molar-refractivity contribution in [3.63, 3.8) is 0 Å². The number of nitrogens with one attached hydrogen (secondary N) is 1. The summed E-state index contributed by atoms with van der Waals surface area (Å²) in [5.41, 5.74) is -0.328. The van der Waals surface area contributed by atoms with E-state index in [9.17, 15) is 22.4 Å². The van der Waals surface area contributed by atoms with Gasteiger partial charge in [0.15, 0.2) is 11.5 Å². The van der Waals surface area contributed by atoms with E-state index in [0.29, 0.717) is 10.0 Å². The summed E-state index contributed by atoms with van der Waals surface area (Å²) < 4.78 is 55.5. The number of aryl methyl sites for hydroxylation is 1. The van der Waals surface area contributed by atoms with Gasteiger partial charge in [-0.05, 0) is 44.8 Å². The fraction of sp³-hybridized carbons (Fsp3) is 0.278. The number of hydrogen-bond donors (Lipinski definition) is 1. The zero-order valence-electron chi connectivity index (χ0n) is 15.5. The molecule has 0 radical (unpaired) electrons. The summed E-state index contributed by atoms with van der Waals surface area (Å²) in [6, 6.07) is 6.26. The number of anilines is 1. The maximum absolute atomic E-state index is 13.8. The van der Waals surface area contributed by atoms with Crippen LogP contribution in [-0.2, 0) is 24.1 Å². The molecule has 0 atom stereocenters. The lowest BCUT2D eigenvalue weighted by atomic mass is 10.2. The molecule has 0 bridgehead atoms. The standard InChI is InChI=1S/C18H15Br2F4N5O/c1-10-15(20)16(18(22,23)24)26-29(10)7-6-14(30)25-17-12(19)9-28(27-17)8-11-4-2-3-5-13(11)21/h2-5,9H,6-8H2,1H3,(H,25,27,30). The van der Waals surface area contributed by atoms with Gasteiger partial charge in [-0.15, -0.1) is 0 Å². The molecule has 1 N–H and O–H groups in total. The van der Waals surface area contributed by atoms with E-state index >= 15 is 0 Å². The van der Waals surface area contributed by atoms with Gasteiger partial charge in [-0.2, -0.15) is 23.4 Å². The number of amides is 1. The van der Waals surface area contributed by atoms with Gasteiger partial charge in [-0.25, -0.2) is 4.39 Å². The molecule has 12 heteroatoms. The van der Waals surface area contributed by atoms with Gasteiger partial charge in [0.1, 0.15) is 5.82 Å². The van der Waals surface area contributed by atoms with Crippen LogP contribution in [0.2, 0.25) is 0 Å². The van der Waals surface area contributed by atoms with Crippen LogP contribution in [0.1, 0.15) is 23.4 Å². The van der Waals surface area contributed by atoms with E-state index in [2.05, 4.69) is 47.4 Å². The Balaban J connectivity index is 1.63. The van der Waals surface area contributed by atoms with Gasteiger partial charge in [0.25, 0.3) is 0 Å². The number of halogens is 6. The van der Waals surface area contributed by atoms with E-state index in [4.69, 9.17) is 0 Å². The second kappa shape index (κ2) is 8.88. The summed E-state index contributed by atoms with van der Waals surface area (Å²) in [5, 5.41) is 10.3. The summed E-state index contributed by atoms with van der Waals surface area (Å²) in [7, 11) is 0. The minimum absolute atomic E-state index is 0.0418. The number of nitrogens with zero attached hydrogens (tertiary/aromatic N) is 4. The molecule has 2 aromatic heterocycles. The second-order valence-electron chi connectivity index (χ2n) is 6.38. The van der Waals surface area contributed by atoms with E-state index in [1.807, 2.05) is 0 Å². The van der Waals surface area contributed by atoms with Crippen molar-refractivity contribution in [1.82, 2.24) is 19.6 Å². The van der Waals surface area contributed by atoms with Crippen LogP contribution in [0, 0.1) is 12.7 Å². The number of benzene rings is 1. The zero-order chi connectivity index (χ0) is 22.1. The molecule has 160 valence electrons. The van der Waals surface area contributed by atoms with Gasteiger partial charge < -0.3 is 5.32 Å². The quantitative estimate of drug-likeness (QED) is 0.430. The number of hydrogen-bond acceptors (Lipinski definition) is 3. The SMILES string of the molecule is Cc1c(Br)c(C(F)(F)F)nn1CCC(=O)Nc1nn(Cc2ccccc2F)cc1Br. The summed E-state index contributed by atoms with van der Waals surface area (Å²) >= 11 is 6.17. The Morgan fingerprint density at radius 1 is 1.20 bits per heavy atom. The Morgan fingerprint density at radius 2 is 1.90 bits per heavy atom. The first kappa shape index (κ1) is 22.5. The van der Waals surface area contributed by atoms with Gasteiger partial charge in [0, 0.05) is 18.2 Å². The molecule has 3 aromatic rings. The van der Waals surface area contributed by atoms with Crippen LogP contribution in [0.5, 0.6) is 0 Å². The molecule has 0 unspecified atom stereocenters. The Hall–Kier alpha value is -2.21. The van der Waals surface area contributed by atoms with Gasteiger partial charge >= 0.3 is 6.18 Å². The van der Waals surface area contributed by atoms with Crippen LogP contribution in [0.3, 0.4) is 0 Å². The highest BCUT2D eigenvalue weighted by Crippen LogP contribution is 2.35. The van der Waals surface area contributed by atoms with Gasteiger partial charge in [0.05, 0.1) is 27.7 Å². The summed E-state index contributed by atoms with van der Waals surface area (Å²) in [6.45, 7) is 1.60. The first-order chi connectivity index (χ1) is 14.1. The lowest BCUT2D eigenvalue weighted by molar-refractivity contribution is -0.142. The summed E-state index contributed by atoms with van der Waals surface area (Å²) in [4.78, 5) is 12.2. The Kier molecular flexibility index (Phi) is 6.65.